The molecule has 2 aromatic heterocycles. The van der Waals surface area contributed by atoms with Gasteiger partial charge in [0.25, 0.3) is 0 Å². The van der Waals surface area contributed by atoms with E-state index in [2.05, 4.69) is 46.9 Å². The Balaban J connectivity index is 1.70. The van der Waals surface area contributed by atoms with E-state index in [1.807, 2.05) is 36.5 Å². The largest absolute Gasteiger partial charge is 0.332 e. The minimum Gasteiger partial charge on any atom is -0.332 e. The third-order valence-corrected chi connectivity index (χ3v) is 4.46. The monoisotopic (exact) mass is 317 g/mol. The number of nitrogens with one attached hydrogen (secondary N) is 1. The maximum absolute atomic E-state index is 4.74. The summed E-state index contributed by atoms with van der Waals surface area (Å²) in [5.41, 5.74) is 5.37. The molecule has 0 amide bonds. The fourth-order valence-corrected chi connectivity index (χ4v) is 3.35. The molecule has 0 atom stereocenters. The first-order chi connectivity index (χ1) is 11.3. The van der Waals surface area contributed by atoms with E-state index in [0.717, 1.165) is 33.0 Å². The van der Waals surface area contributed by atoms with Gasteiger partial charge in [0.1, 0.15) is 0 Å². The molecule has 0 fully saturated rings. The lowest BCUT2D eigenvalue weighted by atomic mass is 10.1. The van der Waals surface area contributed by atoms with Crippen molar-refractivity contribution in [3.63, 3.8) is 0 Å². The number of anilines is 2. The van der Waals surface area contributed by atoms with Gasteiger partial charge < -0.3 is 5.32 Å². The van der Waals surface area contributed by atoms with Crippen LogP contribution in [0.4, 0.5) is 10.8 Å². The van der Waals surface area contributed by atoms with Gasteiger partial charge in [-0.2, -0.15) is 0 Å². The van der Waals surface area contributed by atoms with Gasteiger partial charge in [-0.25, -0.2) is 4.98 Å². The molecule has 0 spiro atoms. The van der Waals surface area contributed by atoms with Crippen molar-refractivity contribution in [3.8, 4) is 11.3 Å². The van der Waals surface area contributed by atoms with Crippen molar-refractivity contribution in [2.75, 3.05) is 5.32 Å². The second-order valence-corrected chi connectivity index (χ2v) is 6.27. The van der Waals surface area contributed by atoms with Crippen LogP contribution in [0.2, 0.25) is 0 Å². The quantitative estimate of drug-likeness (QED) is 0.549. The van der Waals surface area contributed by atoms with Gasteiger partial charge in [-0.05, 0) is 36.8 Å². The Morgan fingerprint density at radius 1 is 1.00 bits per heavy atom. The summed E-state index contributed by atoms with van der Waals surface area (Å²) >= 11 is 1.61. The van der Waals surface area contributed by atoms with Crippen LogP contribution in [0, 0.1) is 6.92 Å². The summed E-state index contributed by atoms with van der Waals surface area (Å²) in [6, 6.07) is 18.5. The van der Waals surface area contributed by atoms with E-state index in [-0.39, 0.29) is 0 Å². The zero-order valence-corrected chi connectivity index (χ0v) is 13.5. The highest BCUT2D eigenvalue weighted by atomic mass is 32.1. The molecule has 0 saturated carbocycles. The smallest absolute Gasteiger partial charge is 0.187 e. The molecule has 1 N–H and O–H groups in total. The molecule has 4 aromatic rings. The zero-order chi connectivity index (χ0) is 15.6. The van der Waals surface area contributed by atoms with Crippen molar-refractivity contribution >= 4 is 33.1 Å². The Bertz CT molecular complexity index is 970. The predicted molar refractivity (Wildman–Crippen MR) is 97.3 cm³/mol. The number of fused-ring (bicyclic) bond motifs is 1. The highest BCUT2D eigenvalue weighted by Gasteiger charge is 2.08. The molecular weight excluding hydrogens is 302 g/mol. The summed E-state index contributed by atoms with van der Waals surface area (Å²) in [5, 5.41) is 7.48. The lowest BCUT2D eigenvalue weighted by Gasteiger charge is -2.04. The van der Waals surface area contributed by atoms with Crippen LogP contribution in [-0.4, -0.2) is 9.97 Å². The van der Waals surface area contributed by atoms with Crippen molar-refractivity contribution in [1.82, 2.24) is 9.97 Å². The Kier molecular flexibility index (Phi) is 3.52. The number of hydrogen-bond acceptors (Lipinski definition) is 4. The van der Waals surface area contributed by atoms with E-state index in [4.69, 9.17) is 4.98 Å². The number of pyridine rings is 1. The molecule has 2 heterocycles. The van der Waals surface area contributed by atoms with E-state index in [1.54, 1.807) is 11.3 Å². The lowest BCUT2D eigenvalue weighted by molar-refractivity contribution is 1.36. The fraction of sp³-hybridized carbons (Fsp3) is 0.0526. The van der Waals surface area contributed by atoms with Crippen molar-refractivity contribution in [1.29, 1.82) is 0 Å². The first-order valence-electron chi connectivity index (χ1n) is 7.43. The summed E-state index contributed by atoms with van der Waals surface area (Å²) < 4.78 is 0. The Morgan fingerprint density at radius 2 is 1.91 bits per heavy atom. The van der Waals surface area contributed by atoms with Gasteiger partial charge in [0.2, 0.25) is 0 Å². The molecule has 3 nitrogen and oxygen atoms in total. The summed E-state index contributed by atoms with van der Waals surface area (Å²) in [6.45, 7) is 2.08. The highest BCUT2D eigenvalue weighted by molar-refractivity contribution is 7.14. The van der Waals surface area contributed by atoms with Crippen molar-refractivity contribution < 1.29 is 0 Å². The second kappa shape index (κ2) is 5.82. The number of hydrogen-bond donors (Lipinski definition) is 1. The van der Waals surface area contributed by atoms with Crippen LogP contribution < -0.4 is 5.32 Å². The van der Waals surface area contributed by atoms with Crippen molar-refractivity contribution in [2.45, 2.75) is 6.92 Å². The molecule has 112 valence electrons. The molecule has 0 aliphatic heterocycles. The van der Waals surface area contributed by atoms with Crippen LogP contribution >= 0.6 is 11.3 Å². The summed E-state index contributed by atoms with van der Waals surface area (Å²) in [6.07, 6.45) is 1.84. The molecule has 0 bridgehead atoms. The molecule has 2 aromatic carbocycles. The van der Waals surface area contributed by atoms with Gasteiger partial charge in [-0.1, -0.05) is 30.3 Å². The Hall–Kier alpha value is -2.72. The van der Waals surface area contributed by atoms with Crippen LogP contribution in [0.15, 0.2) is 66.2 Å². The summed E-state index contributed by atoms with van der Waals surface area (Å²) in [4.78, 5) is 9.15. The second-order valence-electron chi connectivity index (χ2n) is 5.41. The van der Waals surface area contributed by atoms with Crippen LogP contribution in [0.5, 0.6) is 0 Å². The molecule has 4 heteroatoms. The van der Waals surface area contributed by atoms with Crippen LogP contribution in [-0.2, 0) is 0 Å². The van der Waals surface area contributed by atoms with E-state index >= 15 is 0 Å². The fourth-order valence-electron chi connectivity index (χ4n) is 2.62. The predicted octanol–water partition coefficient (Wildman–Crippen LogP) is 5.41. The molecule has 0 aliphatic carbocycles. The third-order valence-electron chi connectivity index (χ3n) is 3.70. The number of benzene rings is 2. The number of para-hydroxylation sites is 1. The van der Waals surface area contributed by atoms with E-state index in [9.17, 15) is 0 Å². The Morgan fingerprint density at radius 3 is 2.83 bits per heavy atom. The number of aryl methyl sites for hydroxylation is 1. The van der Waals surface area contributed by atoms with Gasteiger partial charge >= 0.3 is 0 Å². The highest BCUT2D eigenvalue weighted by Crippen LogP contribution is 2.31. The van der Waals surface area contributed by atoms with Gasteiger partial charge in [-0.3, -0.25) is 4.98 Å². The first kappa shape index (κ1) is 13.9. The minimum atomic E-state index is 0.895. The number of rotatable bonds is 3. The Labute approximate surface area is 138 Å². The number of aromatic nitrogens is 2. The number of nitrogens with zero attached hydrogens (tertiary/aromatic N) is 2. The first-order valence-corrected chi connectivity index (χ1v) is 8.31. The van der Waals surface area contributed by atoms with Gasteiger partial charge in [-0.15, -0.1) is 11.3 Å². The summed E-state index contributed by atoms with van der Waals surface area (Å²) in [5.74, 6) is 0. The number of thiazole rings is 1. The van der Waals surface area contributed by atoms with E-state index < -0.39 is 0 Å². The minimum absolute atomic E-state index is 0.895. The molecule has 0 saturated heterocycles. The van der Waals surface area contributed by atoms with Crippen LogP contribution in [0.1, 0.15) is 5.56 Å². The van der Waals surface area contributed by atoms with E-state index in [1.165, 1.54) is 5.56 Å². The average Bonchev–Trinajstić information content (AvgIpc) is 3.02. The maximum atomic E-state index is 4.74. The van der Waals surface area contributed by atoms with Crippen molar-refractivity contribution in [2.24, 2.45) is 0 Å². The topological polar surface area (TPSA) is 37.8 Å². The molecular formula is C19H15N3S. The van der Waals surface area contributed by atoms with Crippen LogP contribution in [0.25, 0.3) is 22.2 Å². The lowest BCUT2D eigenvalue weighted by Crippen LogP contribution is -1.90. The zero-order valence-electron chi connectivity index (χ0n) is 12.7. The molecule has 4 rings (SSSR count). The molecule has 23 heavy (non-hydrogen) atoms. The molecule has 0 aliphatic rings. The van der Waals surface area contributed by atoms with Crippen molar-refractivity contribution in [3.05, 3.63) is 71.7 Å². The molecule has 0 unspecified atom stereocenters. The van der Waals surface area contributed by atoms with Crippen LogP contribution in [0.3, 0.4) is 0 Å². The third kappa shape index (κ3) is 2.81. The normalized spacial score (nSPS) is 10.8. The van der Waals surface area contributed by atoms with Gasteiger partial charge in [0, 0.05) is 28.2 Å². The standard InChI is InChI=1S/C19H15N3S/c1-13-5-4-6-14(11-13)21-19-22-18(12-23-19)16-9-10-20-17-8-3-2-7-15(16)17/h2-12H,1H3,(H,21,22). The maximum Gasteiger partial charge on any atom is 0.187 e. The summed E-state index contributed by atoms with van der Waals surface area (Å²) in [7, 11) is 0. The van der Waals surface area contributed by atoms with Gasteiger partial charge in [0.15, 0.2) is 5.13 Å². The SMILES string of the molecule is Cc1cccc(Nc2nc(-c3ccnc4ccccc34)cs2)c1. The average molecular weight is 317 g/mol. The van der Waals surface area contributed by atoms with Gasteiger partial charge in [0.05, 0.1) is 11.2 Å². The van der Waals surface area contributed by atoms with E-state index in [0.29, 0.717) is 0 Å². The molecule has 0 radical (unpaired) electrons.